The smallest absolute Gasteiger partial charge is 0.0879 e. The van der Waals surface area contributed by atoms with Crippen molar-refractivity contribution < 1.29 is 0 Å². The molecule has 0 unspecified atom stereocenters. The van der Waals surface area contributed by atoms with Crippen LogP contribution in [-0.2, 0) is 0 Å². The summed E-state index contributed by atoms with van der Waals surface area (Å²) in [4.78, 5) is 3.36. The lowest BCUT2D eigenvalue weighted by Gasteiger charge is -2.21. The second kappa shape index (κ2) is 7.63. The summed E-state index contributed by atoms with van der Waals surface area (Å²) in [5.41, 5.74) is 0. The average molecular weight is 219 g/mol. The molecular weight excluding hydrogens is 198 g/mol. The van der Waals surface area contributed by atoms with Crippen molar-refractivity contribution >= 4 is 29.0 Å². The first-order valence-electron chi connectivity index (χ1n) is 4.97. The highest BCUT2D eigenvalue weighted by atomic mass is 32.2. The Morgan fingerprint density at radius 2 is 1.85 bits per heavy atom. The molecule has 0 fully saturated rings. The van der Waals surface area contributed by atoms with Crippen molar-refractivity contribution in [3.63, 3.8) is 0 Å². The van der Waals surface area contributed by atoms with Gasteiger partial charge in [-0.1, -0.05) is 26.1 Å². The van der Waals surface area contributed by atoms with Gasteiger partial charge in [0.05, 0.1) is 4.99 Å². The maximum absolute atomic E-state index is 5.33. The zero-order chi connectivity index (χ0) is 10.3. The highest BCUT2D eigenvalue weighted by Crippen LogP contribution is 2.09. The molecule has 0 atom stereocenters. The third kappa shape index (κ3) is 6.33. The number of rotatable bonds is 6. The van der Waals surface area contributed by atoms with Crippen LogP contribution >= 0.6 is 24.0 Å². The molecule has 0 N–H and O–H groups in total. The normalized spacial score (nSPS) is 10.5. The van der Waals surface area contributed by atoms with Crippen LogP contribution in [0.4, 0.5) is 0 Å². The van der Waals surface area contributed by atoms with Crippen molar-refractivity contribution in [2.45, 2.75) is 27.7 Å². The van der Waals surface area contributed by atoms with Gasteiger partial charge >= 0.3 is 0 Å². The maximum atomic E-state index is 5.33. The summed E-state index contributed by atoms with van der Waals surface area (Å²) in [5, 5.41) is 0. The topological polar surface area (TPSA) is 3.24 Å². The fourth-order valence-corrected chi connectivity index (χ4v) is 2.50. The summed E-state index contributed by atoms with van der Waals surface area (Å²) in [6.07, 6.45) is 0. The van der Waals surface area contributed by atoms with E-state index in [9.17, 15) is 0 Å². The molecule has 13 heavy (non-hydrogen) atoms. The number of hydrogen-bond donors (Lipinski definition) is 0. The van der Waals surface area contributed by atoms with Gasteiger partial charge < -0.3 is 4.90 Å². The van der Waals surface area contributed by atoms with Gasteiger partial charge in [0, 0.05) is 18.8 Å². The third-order valence-electron chi connectivity index (χ3n) is 1.79. The van der Waals surface area contributed by atoms with Crippen LogP contribution in [0.25, 0.3) is 0 Å². The summed E-state index contributed by atoms with van der Waals surface area (Å²) in [6.45, 7) is 10.9. The van der Waals surface area contributed by atoms with Crippen LogP contribution in [0.2, 0.25) is 0 Å². The highest BCUT2D eigenvalue weighted by molar-refractivity contribution is 8.01. The van der Waals surface area contributed by atoms with E-state index >= 15 is 0 Å². The van der Waals surface area contributed by atoms with Crippen LogP contribution < -0.4 is 0 Å². The van der Waals surface area contributed by atoms with Crippen LogP contribution in [0.15, 0.2) is 0 Å². The van der Waals surface area contributed by atoms with Crippen molar-refractivity contribution in [1.29, 1.82) is 0 Å². The van der Waals surface area contributed by atoms with E-state index in [1.807, 2.05) is 11.8 Å². The minimum absolute atomic E-state index is 0.768. The number of thiocarbonyl (C=S) groups is 1. The molecule has 0 rings (SSSR count). The lowest BCUT2D eigenvalue weighted by molar-refractivity contribution is 0.472. The van der Waals surface area contributed by atoms with Crippen molar-refractivity contribution in [2.24, 2.45) is 5.92 Å². The Morgan fingerprint density at radius 1 is 1.31 bits per heavy atom. The standard InChI is InChI=1S/C10H21NS2/c1-5-11(6-2)10(12)8-13-7-9(3)4/h9H,5-8H2,1-4H3. The van der Waals surface area contributed by atoms with Crippen LogP contribution in [0.5, 0.6) is 0 Å². The van der Waals surface area contributed by atoms with E-state index in [0.29, 0.717) is 0 Å². The molecule has 0 heterocycles. The first-order valence-corrected chi connectivity index (χ1v) is 6.53. The van der Waals surface area contributed by atoms with Gasteiger partial charge in [0.25, 0.3) is 0 Å². The van der Waals surface area contributed by atoms with E-state index in [1.165, 1.54) is 5.75 Å². The molecule has 0 saturated heterocycles. The minimum atomic E-state index is 0.768. The van der Waals surface area contributed by atoms with Gasteiger partial charge in [-0.15, -0.1) is 0 Å². The molecule has 0 saturated carbocycles. The minimum Gasteiger partial charge on any atom is -0.366 e. The Morgan fingerprint density at radius 3 is 2.23 bits per heavy atom. The molecule has 0 aliphatic heterocycles. The second-order valence-electron chi connectivity index (χ2n) is 3.48. The first kappa shape index (κ1) is 13.2. The average Bonchev–Trinajstić information content (AvgIpc) is 2.05. The number of hydrogen-bond acceptors (Lipinski definition) is 2. The highest BCUT2D eigenvalue weighted by Gasteiger charge is 2.04. The predicted octanol–water partition coefficient (Wildman–Crippen LogP) is 3.04. The largest absolute Gasteiger partial charge is 0.366 e. The summed E-state index contributed by atoms with van der Waals surface area (Å²) in [5.74, 6) is 2.99. The molecule has 0 aromatic carbocycles. The van der Waals surface area contributed by atoms with Crippen LogP contribution in [0, 0.1) is 5.92 Å². The Hall–Kier alpha value is 0.240. The summed E-state index contributed by atoms with van der Waals surface area (Å²) in [6, 6.07) is 0. The molecule has 0 aromatic rings. The molecule has 0 amide bonds. The molecular formula is C10H21NS2. The molecule has 0 bridgehead atoms. The van der Waals surface area contributed by atoms with Crippen LogP contribution in [-0.4, -0.2) is 34.5 Å². The van der Waals surface area contributed by atoms with Crippen molar-refractivity contribution in [1.82, 2.24) is 4.90 Å². The molecule has 78 valence electrons. The molecule has 3 heteroatoms. The molecule has 0 aromatic heterocycles. The van der Waals surface area contributed by atoms with E-state index in [-0.39, 0.29) is 0 Å². The molecule has 0 aliphatic rings. The van der Waals surface area contributed by atoms with Crippen molar-refractivity contribution in [3.05, 3.63) is 0 Å². The Balaban J connectivity index is 3.60. The summed E-state index contributed by atoms with van der Waals surface area (Å²) < 4.78 is 0. The van der Waals surface area contributed by atoms with Gasteiger partial charge in [0.1, 0.15) is 0 Å². The quantitative estimate of drug-likeness (QED) is 0.632. The van der Waals surface area contributed by atoms with Crippen molar-refractivity contribution in [2.75, 3.05) is 24.6 Å². The Labute approximate surface area is 92.3 Å². The summed E-state index contributed by atoms with van der Waals surface area (Å²) in [7, 11) is 0. The maximum Gasteiger partial charge on any atom is 0.0879 e. The van der Waals surface area contributed by atoms with Gasteiger partial charge in [0.15, 0.2) is 0 Å². The van der Waals surface area contributed by atoms with Gasteiger partial charge in [-0.25, -0.2) is 0 Å². The third-order valence-corrected chi connectivity index (χ3v) is 3.76. The fourth-order valence-electron chi connectivity index (χ4n) is 1.05. The zero-order valence-corrected chi connectivity index (χ0v) is 10.8. The van der Waals surface area contributed by atoms with Gasteiger partial charge in [-0.2, -0.15) is 11.8 Å². The van der Waals surface area contributed by atoms with Crippen LogP contribution in [0.1, 0.15) is 27.7 Å². The lowest BCUT2D eigenvalue weighted by atomic mass is 10.3. The van der Waals surface area contributed by atoms with E-state index in [1.54, 1.807) is 0 Å². The zero-order valence-electron chi connectivity index (χ0n) is 9.17. The molecule has 0 spiro atoms. The Kier molecular flexibility index (Phi) is 7.77. The second-order valence-corrected chi connectivity index (χ2v) is 4.98. The van der Waals surface area contributed by atoms with E-state index in [0.717, 1.165) is 29.7 Å². The summed E-state index contributed by atoms with van der Waals surface area (Å²) >= 11 is 7.28. The van der Waals surface area contributed by atoms with Crippen molar-refractivity contribution in [3.8, 4) is 0 Å². The SMILES string of the molecule is CCN(CC)C(=S)CSCC(C)C. The predicted molar refractivity (Wildman–Crippen MR) is 67.7 cm³/mol. The molecule has 0 aliphatic carbocycles. The van der Waals surface area contributed by atoms with Crippen LogP contribution in [0.3, 0.4) is 0 Å². The van der Waals surface area contributed by atoms with E-state index in [2.05, 4.69) is 32.6 Å². The van der Waals surface area contributed by atoms with E-state index in [4.69, 9.17) is 12.2 Å². The van der Waals surface area contributed by atoms with Gasteiger partial charge in [0.2, 0.25) is 0 Å². The molecule has 0 radical (unpaired) electrons. The van der Waals surface area contributed by atoms with Gasteiger partial charge in [-0.3, -0.25) is 0 Å². The van der Waals surface area contributed by atoms with Gasteiger partial charge in [-0.05, 0) is 25.5 Å². The molecule has 1 nitrogen and oxygen atoms in total. The number of thioether (sulfide) groups is 1. The fraction of sp³-hybridized carbons (Fsp3) is 0.900. The number of nitrogens with zero attached hydrogens (tertiary/aromatic N) is 1. The Bertz CT molecular complexity index is 142. The monoisotopic (exact) mass is 219 g/mol. The first-order chi connectivity index (χ1) is 6.11. The lowest BCUT2D eigenvalue weighted by Crippen LogP contribution is -2.30. The van der Waals surface area contributed by atoms with E-state index < -0.39 is 0 Å².